The van der Waals surface area contributed by atoms with Crippen LogP contribution in [0, 0.1) is 19.0 Å². The molecule has 0 radical (unpaired) electrons. The molecule has 0 spiro atoms. The molecule has 2 aromatic rings. The molecular formula is C34H38I2O2Zr. The summed E-state index contributed by atoms with van der Waals surface area (Å²) in [5, 5.41) is 0. The fourth-order valence-corrected chi connectivity index (χ4v) is 17.5. The van der Waals surface area contributed by atoms with E-state index in [-0.39, 0.29) is 0 Å². The van der Waals surface area contributed by atoms with Crippen LogP contribution < -0.4 is 5.63 Å². The van der Waals surface area contributed by atoms with Gasteiger partial charge in [0.05, 0.1) is 0 Å². The van der Waals surface area contributed by atoms with Crippen molar-refractivity contribution in [2.45, 2.75) is 77.0 Å². The molecule has 39 heavy (non-hydrogen) atoms. The van der Waals surface area contributed by atoms with Crippen LogP contribution in [0.5, 0.6) is 11.5 Å². The van der Waals surface area contributed by atoms with Gasteiger partial charge in [0.25, 0.3) is 0 Å². The summed E-state index contributed by atoms with van der Waals surface area (Å²) in [6.07, 6.45) is 24.9. The quantitative estimate of drug-likeness (QED) is 0.247. The molecule has 0 aliphatic heterocycles. The van der Waals surface area contributed by atoms with Crippen LogP contribution in [0.4, 0.5) is 0 Å². The van der Waals surface area contributed by atoms with Crippen molar-refractivity contribution < 1.29 is 26.8 Å². The van der Waals surface area contributed by atoms with E-state index >= 15 is 0 Å². The van der Waals surface area contributed by atoms with Gasteiger partial charge in [0.1, 0.15) is 0 Å². The average molecular weight is 824 g/mol. The van der Waals surface area contributed by atoms with Crippen molar-refractivity contribution in [2.75, 3.05) is 0 Å². The zero-order valence-electron chi connectivity index (χ0n) is 22.6. The number of halogens is 2. The minimum atomic E-state index is -4.21. The van der Waals surface area contributed by atoms with E-state index in [1.807, 2.05) is 0 Å². The Labute approximate surface area is 267 Å². The second-order valence-electron chi connectivity index (χ2n) is 11.5. The van der Waals surface area contributed by atoms with Crippen molar-refractivity contribution in [2.24, 2.45) is 11.8 Å². The van der Waals surface area contributed by atoms with Crippen molar-refractivity contribution in [3.8, 4) is 11.5 Å². The predicted octanol–water partition coefficient (Wildman–Crippen LogP) is 10.9. The summed E-state index contributed by atoms with van der Waals surface area (Å²) in [5.41, 5.74) is 3.12. The van der Waals surface area contributed by atoms with Crippen molar-refractivity contribution in [1.29, 1.82) is 0 Å². The van der Waals surface area contributed by atoms with Crippen LogP contribution in [0.2, 0.25) is 0 Å². The van der Waals surface area contributed by atoms with E-state index in [0.717, 1.165) is 24.3 Å². The third kappa shape index (κ3) is 6.40. The third-order valence-electron chi connectivity index (χ3n) is 8.97. The van der Waals surface area contributed by atoms with Crippen LogP contribution in [0.25, 0.3) is 0 Å². The number of hydrogen-bond donors (Lipinski definition) is 0. The van der Waals surface area contributed by atoms with Gasteiger partial charge in [-0.3, -0.25) is 0 Å². The molecule has 204 valence electrons. The number of benzene rings is 2. The molecule has 2 saturated carbocycles. The van der Waals surface area contributed by atoms with Gasteiger partial charge in [0.2, 0.25) is 0 Å². The SMILES string of the molecule is Ic1ccc([O][Zr]([O]c2ccc(I)cc2)([C]2=C(C3CCCCC3)C=CC2)[C]2=C(C3CCCCC3)C=CC2)cc1. The van der Waals surface area contributed by atoms with Crippen LogP contribution >= 0.6 is 45.2 Å². The molecule has 0 bridgehead atoms. The van der Waals surface area contributed by atoms with Crippen molar-refractivity contribution in [3.05, 3.63) is 97.7 Å². The van der Waals surface area contributed by atoms with E-state index in [0.29, 0.717) is 11.8 Å². The Hall–Kier alpha value is -0.657. The van der Waals surface area contributed by atoms with E-state index in [4.69, 9.17) is 5.63 Å². The Morgan fingerprint density at radius 2 is 0.923 bits per heavy atom. The molecule has 2 nitrogen and oxygen atoms in total. The molecule has 4 aliphatic carbocycles. The van der Waals surface area contributed by atoms with E-state index < -0.39 is 21.1 Å². The molecule has 0 amide bonds. The summed E-state index contributed by atoms with van der Waals surface area (Å²) in [5.74, 6) is 3.19. The maximum absolute atomic E-state index is 7.49. The topological polar surface area (TPSA) is 18.5 Å². The van der Waals surface area contributed by atoms with E-state index in [1.54, 1.807) is 11.1 Å². The molecule has 0 saturated heterocycles. The van der Waals surface area contributed by atoms with Crippen LogP contribution in [-0.2, 0) is 21.1 Å². The van der Waals surface area contributed by atoms with Gasteiger partial charge < -0.3 is 0 Å². The van der Waals surface area contributed by atoms with Crippen LogP contribution in [0.1, 0.15) is 77.0 Å². The molecule has 5 heteroatoms. The Morgan fingerprint density at radius 1 is 0.538 bits per heavy atom. The van der Waals surface area contributed by atoms with Gasteiger partial charge in [0, 0.05) is 0 Å². The molecule has 2 fully saturated rings. The summed E-state index contributed by atoms with van der Waals surface area (Å²) in [4.78, 5) is 0. The first-order chi connectivity index (χ1) is 19.1. The summed E-state index contributed by atoms with van der Waals surface area (Å²) >= 11 is 0.567. The number of rotatable bonds is 8. The number of hydrogen-bond acceptors (Lipinski definition) is 2. The molecule has 4 aliphatic rings. The Morgan fingerprint density at radius 3 is 1.31 bits per heavy atom. The van der Waals surface area contributed by atoms with E-state index in [1.165, 1.54) is 77.9 Å². The van der Waals surface area contributed by atoms with Gasteiger partial charge in [-0.1, -0.05) is 0 Å². The zero-order valence-corrected chi connectivity index (χ0v) is 29.4. The Balaban J connectivity index is 1.55. The zero-order chi connectivity index (χ0) is 26.7. The Kier molecular flexibility index (Phi) is 9.57. The van der Waals surface area contributed by atoms with E-state index in [9.17, 15) is 0 Å². The minimum absolute atomic E-state index is 0.636. The van der Waals surface area contributed by atoms with Gasteiger partial charge in [-0.15, -0.1) is 0 Å². The molecular weight excluding hydrogens is 785 g/mol. The Bertz CT molecular complexity index is 1180. The summed E-state index contributed by atoms with van der Waals surface area (Å²) in [6.45, 7) is 0. The molecule has 0 unspecified atom stereocenters. The third-order valence-corrected chi connectivity index (χ3v) is 19.3. The van der Waals surface area contributed by atoms with Gasteiger partial charge in [-0.2, -0.15) is 0 Å². The summed E-state index contributed by atoms with van der Waals surface area (Å²) in [7, 11) is 0. The van der Waals surface area contributed by atoms with E-state index in [2.05, 4.69) is 118 Å². The molecule has 6 rings (SSSR count). The number of allylic oxidation sites excluding steroid dienone is 8. The van der Waals surface area contributed by atoms with Gasteiger partial charge in [-0.05, 0) is 0 Å². The van der Waals surface area contributed by atoms with Crippen LogP contribution in [0.3, 0.4) is 0 Å². The first-order valence-electron chi connectivity index (χ1n) is 14.8. The molecule has 0 N–H and O–H groups in total. The first-order valence-corrected chi connectivity index (χ1v) is 21.4. The van der Waals surface area contributed by atoms with Gasteiger partial charge in [0.15, 0.2) is 0 Å². The molecule has 2 aromatic carbocycles. The van der Waals surface area contributed by atoms with Crippen molar-refractivity contribution in [1.82, 2.24) is 0 Å². The predicted molar refractivity (Wildman–Crippen MR) is 174 cm³/mol. The first kappa shape index (κ1) is 28.5. The summed E-state index contributed by atoms with van der Waals surface area (Å²) < 4.78 is 20.5. The second-order valence-corrected chi connectivity index (χ2v) is 21.0. The van der Waals surface area contributed by atoms with Crippen LogP contribution in [-0.4, -0.2) is 0 Å². The van der Waals surface area contributed by atoms with Crippen molar-refractivity contribution in [3.63, 3.8) is 0 Å². The standard InChI is InChI=1S/2C11H15.2C6H5IO.Zr/c2*1-2-6-10(7-3-1)11-8-4-5-9-11;2*7-5-1-3-6(8)4-2-5;/h2*4,8,10H,1-3,5-7H2;2*1-4,8H;/q;;;;+2/p-2. The molecule has 0 heterocycles. The maximum atomic E-state index is 7.49. The molecule has 0 aromatic heterocycles. The van der Waals surface area contributed by atoms with Crippen molar-refractivity contribution >= 4 is 45.2 Å². The fourth-order valence-electron chi connectivity index (χ4n) is 7.07. The normalized spacial score (nSPS) is 20.8. The molecule has 0 atom stereocenters. The average Bonchev–Trinajstić information content (AvgIpc) is 3.67. The summed E-state index contributed by atoms with van der Waals surface area (Å²) in [6, 6.07) is 17.3. The second kappa shape index (κ2) is 13.1. The van der Waals surface area contributed by atoms with Gasteiger partial charge in [-0.25, -0.2) is 0 Å². The van der Waals surface area contributed by atoms with Gasteiger partial charge >= 0.3 is 270 Å². The monoisotopic (exact) mass is 822 g/mol. The fraction of sp³-hybridized carbons (Fsp3) is 0.412. The van der Waals surface area contributed by atoms with Crippen LogP contribution in [0.15, 0.2) is 90.5 Å².